The number of aromatic nitrogens is 1. The zero-order valence-corrected chi connectivity index (χ0v) is 14.4. The van der Waals surface area contributed by atoms with Crippen molar-refractivity contribution in [1.82, 2.24) is 10.0 Å². The van der Waals surface area contributed by atoms with Gasteiger partial charge in [-0.15, -0.1) is 16.8 Å². The molecule has 2 amide bonds. The lowest BCUT2D eigenvalue weighted by molar-refractivity contribution is -0.172. The fourth-order valence-electron chi connectivity index (χ4n) is 2.40. The SMILES string of the molecule is Cc1c(C(=O)ON2C(=O)CCC2=O)ccnc1SCc1ccccc1. The number of hydrogen-bond acceptors (Lipinski definition) is 6. The monoisotopic (exact) mass is 356 g/mol. The standard InChI is InChI=1S/C18H16N2O4S/c1-12-14(18(23)24-20-15(21)7-8-16(20)22)9-10-19-17(12)25-11-13-5-3-2-4-6-13/h2-6,9-10H,7-8,11H2,1H3. The molecule has 0 saturated carbocycles. The smallest absolute Gasteiger partial charge is 0.325 e. The molecule has 1 aromatic carbocycles. The quantitative estimate of drug-likeness (QED) is 0.606. The minimum atomic E-state index is -0.731. The van der Waals surface area contributed by atoms with Crippen molar-refractivity contribution < 1.29 is 19.2 Å². The molecule has 1 aliphatic rings. The van der Waals surface area contributed by atoms with Crippen LogP contribution in [0.2, 0.25) is 0 Å². The van der Waals surface area contributed by atoms with Crippen LogP contribution in [0.15, 0.2) is 47.6 Å². The van der Waals surface area contributed by atoms with E-state index in [2.05, 4.69) is 4.98 Å². The second-order valence-corrected chi connectivity index (χ2v) is 6.49. The number of hydroxylamine groups is 2. The van der Waals surface area contributed by atoms with Crippen LogP contribution in [0.3, 0.4) is 0 Å². The van der Waals surface area contributed by atoms with Crippen molar-refractivity contribution in [2.45, 2.75) is 30.5 Å². The number of hydrogen-bond donors (Lipinski definition) is 0. The van der Waals surface area contributed by atoms with E-state index in [4.69, 9.17) is 4.84 Å². The predicted octanol–water partition coefficient (Wildman–Crippen LogP) is 2.90. The van der Waals surface area contributed by atoms with Crippen molar-refractivity contribution in [3.8, 4) is 0 Å². The Morgan fingerprint density at radius 1 is 1.16 bits per heavy atom. The number of carbonyl (C=O) groups excluding carboxylic acids is 3. The molecule has 0 aliphatic carbocycles. The minimum absolute atomic E-state index is 0.0691. The van der Waals surface area contributed by atoms with E-state index >= 15 is 0 Å². The van der Waals surface area contributed by atoms with E-state index in [9.17, 15) is 14.4 Å². The van der Waals surface area contributed by atoms with Crippen LogP contribution in [0.1, 0.15) is 34.3 Å². The topological polar surface area (TPSA) is 76.6 Å². The summed E-state index contributed by atoms with van der Waals surface area (Å²) in [7, 11) is 0. The summed E-state index contributed by atoms with van der Waals surface area (Å²) in [6, 6.07) is 11.4. The molecular weight excluding hydrogens is 340 g/mol. The summed E-state index contributed by atoms with van der Waals surface area (Å²) in [5, 5.41) is 1.26. The molecule has 1 aromatic heterocycles. The fraction of sp³-hybridized carbons (Fsp3) is 0.222. The molecule has 128 valence electrons. The lowest BCUT2D eigenvalue weighted by Crippen LogP contribution is -2.32. The van der Waals surface area contributed by atoms with Gasteiger partial charge in [0.05, 0.1) is 5.56 Å². The number of thioether (sulfide) groups is 1. The summed E-state index contributed by atoms with van der Waals surface area (Å²) < 4.78 is 0. The second-order valence-electron chi connectivity index (χ2n) is 5.52. The Hall–Kier alpha value is -2.67. The van der Waals surface area contributed by atoms with Gasteiger partial charge in [-0.3, -0.25) is 9.59 Å². The summed E-state index contributed by atoms with van der Waals surface area (Å²) in [6.45, 7) is 1.77. The Kier molecular flexibility index (Phi) is 5.14. The van der Waals surface area contributed by atoms with E-state index in [0.29, 0.717) is 15.7 Å². The lowest BCUT2D eigenvalue weighted by Gasteiger charge is -2.14. The Bertz CT molecular complexity index is 807. The molecule has 0 spiro atoms. The third-order valence-electron chi connectivity index (χ3n) is 3.78. The molecule has 6 nitrogen and oxygen atoms in total. The Morgan fingerprint density at radius 2 is 1.84 bits per heavy atom. The summed E-state index contributed by atoms with van der Waals surface area (Å²) in [5.74, 6) is -1.01. The summed E-state index contributed by atoms with van der Waals surface area (Å²) in [6.07, 6.45) is 1.66. The Balaban J connectivity index is 1.73. The highest BCUT2D eigenvalue weighted by Gasteiger charge is 2.33. The molecule has 0 bridgehead atoms. The summed E-state index contributed by atoms with van der Waals surface area (Å²) >= 11 is 1.51. The van der Waals surface area contributed by atoms with E-state index < -0.39 is 17.8 Å². The predicted molar refractivity (Wildman–Crippen MR) is 91.5 cm³/mol. The van der Waals surface area contributed by atoms with Crippen LogP contribution in [-0.2, 0) is 20.2 Å². The van der Waals surface area contributed by atoms with E-state index in [1.54, 1.807) is 6.92 Å². The van der Waals surface area contributed by atoms with Crippen molar-refractivity contribution in [2.75, 3.05) is 0 Å². The van der Waals surface area contributed by atoms with Crippen LogP contribution in [-0.4, -0.2) is 27.8 Å². The van der Waals surface area contributed by atoms with Crippen LogP contribution in [0.4, 0.5) is 0 Å². The first-order chi connectivity index (χ1) is 12.1. The highest BCUT2D eigenvalue weighted by molar-refractivity contribution is 7.98. The number of benzene rings is 1. The Labute approximate surface area is 149 Å². The van der Waals surface area contributed by atoms with Crippen LogP contribution >= 0.6 is 11.8 Å². The summed E-state index contributed by atoms with van der Waals surface area (Å²) in [4.78, 5) is 44.8. The van der Waals surface area contributed by atoms with Gasteiger partial charge in [0.15, 0.2) is 0 Å². The molecule has 2 aromatic rings. The summed E-state index contributed by atoms with van der Waals surface area (Å²) in [5.41, 5.74) is 2.10. The molecule has 1 fully saturated rings. The first kappa shape index (κ1) is 17.2. The molecule has 0 radical (unpaired) electrons. The largest absolute Gasteiger partial charge is 0.364 e. The molecule has 2 heterocycles. The van der Waals surface area contributed by atoms with Gasteiger partial charge < -0.3 is 4.84 Å². The van der Waals surface area contributed by atoms with Gasteiger partial charge in [-0.05, 0) is 24.1 Å². The highest BCUT2D eigenvalue weighted by atomic mass is 32.2. The lowest BCUT2D eigenvalue weighted by atomic mass is 10.2. The maximum atomic E-state index is 12.3. The van der Waals surface area contributed by atoms with Gasteiger partial charge in [-0.25, -0.2) is 9.78 Å². The highest BCUT2D eigenvalue weighted by Crippen LogP contribution is 2.26. The third kappa shape index (κ3) is 3.88. The van der Waals surface area contributed by atoms with Crippen LogP contribution in [0.25, 0.3) is 0 Å². The van der Waals surface area contributed by atoms with Crippen LogP contribution < -0.4 is 0 Å². The minimum Gasteiger partial charge on any atom is -0.325 e. The van der Waals surface area contributed by atoms with Crippen molar-refractivity contribution >= 4 is 29.5 Å². The maximum absolute atomic E-state index is 12.3. The van der Waals surface area contributed by atoms with Crippen LogP contribution in [0, 0.1) is 6.92 Å². The molecular formula is C18H16N2O4S. The normalized spacial score (nSPS) is 14.0. The average Bonchev–Trinajstić information content (AvgIpc) is 2.93. The van der Waals surface area contributed by atoms with Gasteiger partial charge in [0.1, 0.15) is 5.03 Å². The Morgan fingerprint density at radius 3 is 2.52 bits per heavy atom. The first-order valence-corrected chi connectivity index (χ1v) is 8.75. The molecule has 1 saturated heterocycles. The second kappa shape index (κ2) is 7.48. The van der Waals surface area contributed by atoms with E-state index in [-0.39, 0.29) is 18.4 Å². The van der Waals surface area contributed by atoms with Gasteiger partial charge >= 0.3 is 5.97 Å². The van der Waals surface area contributed by atoms with Crippen molar-refractivity contribution in [2.24, 2.45) is 0 Å². The molecule has 0 N–H and O–H groups in total. The number of nitrogens with zero attached hydrogens (tertiary/aromatic N) is 2. The van der Waals surface area contributed by atoms with Gasteiger partial charge in [0.2, 0.25) is 0 Å². The molecule has 25 heavy (non-hydrogen) atoms. The van der Waals surface area contributed by atoms with Crippen LogP contribution in [0.5, 0.6) is 0 Å². The average molecular weight is 356 g/mol. The zero-order chi connectivity index (χ0) is 17.8. The zero-order valence-electron chi connectivity index (χ0n) is 13.6. The number of amides is 2. The van der Waals surface area contributed by atoms with Gasteiger partial charge in [-0.1, -0.05) is 30.3 Å². The van der Waals surface area contributed by atoms with Gasteiger partial charge in [0, 0.05) is 24.8 Å². The molecule has 0 atom stereocenters. The number of pyridine rings is 1. The van der Waals surface area contributed by atoms with E-state index in [0.717, 1.165) is 11.3 Å². The van der Waals surface area contributed by atoms with Crippen molar-refractivity contribution in [3.05, 3.63) is 59.3 Å². The molecule has 0 unspecified atom stereocenters. The molecule has 7 heteroatoms. The molecule has 3 rings (SSSR count). The fourth-order valence-corrected chi connectivity index (χ4v) is 3.36. The van der Waals surface area contributed by atoms with E-state index in [1.165, 1.54) is 24.0 Å². The van der Waals surface area contributed by atoms with Gasteiger partial charge in [0.25, 0.3) is 11.8 Å². The first-order valence-electron chi connectivity index (χ1n) is 7.76. The number of rotatable bonds is 5. The maximum Gasteiger partial charge on any atom is 0.364 e. The number of carbonyl (C=O) groups is 3. The number of imide groups is 1. The van der Waals surface area contributed by atoms with E-state index in [1.807, 2.05) is 30.3 Å². The van der Waals surface area contributed by atoms with Gasteiger partial charge in [-0.2, -0.15) is 0 Å². The molecule has 1 aliphatic heterocycles. The van der Waals surface area contributed by atoms with Crippen molar-refractivity contribution in [3.63, 3.8) is 0 Å². The third-order valence-corrected chi connectivity index (χ3v) is 4.94. The van der Waals surface area contributed by atoms with Crippen molar-refractivity contribution in [1.29, 1.82) is 0 Å².